The fraction of sp³-hybridized carbons (Fsp3) is 0.333. The van der Waals surface area contributed by atoms with Crippen LogP contribution < -0.4 is 11.2 Å². The molecule has 0 saturated carbocycles. The first-order valence-corrected chi connectivity index (χ1v) is 6.85. The normalized spacial score (nSPS) is 21.0. The van der Waals surface area contributed by atoms with E-state index in [1.807, 2.05) is 30.3 Å². The van der Waals surface area contributed by atoms with Crippen molar-refractivity contribution in [3.63, 3.8) is 0 Å². The number of rotatable bonds is 3. The first-order valence-electron chi connectivity index (χ1n) is 6.85. The predicted octanol–water partition coefficient (Wildman–Crippen LogP) is 0.350. The van der Waals surface area contributed by atoms with Crippen molar-refractivity contribution in [2.75, 3.05) is 14.1 Å². The van der Waals surface area contributed by atoms with Gasteiger partial charge in [0.15, 0.2) is 6.23 Å². The van der Waals surface area contributed by atoms with Gasteiger partial charge in [-0.25, -0.2) is 10.2 Å². The Hall–Kier alpha value is -2.54. The average molecular weight is 304 g/mol. The minimum absolute atomic E-state index is 0.223. The third-order valence-electron chi connectivity index (χ3n) is 3.65. The minimum atomic E-state index is -1.10. The topological polar surface area (TPSA) is 98.9 Å². The number of benzene rings is 1. The highest BCUT2D eigenvalue weighted by Crippen LogP contribution is 2.39. The number of carbonyl (C=O) groups excluding carboxylic acids is 2. The number of carbonyl (C=O) groups is 2. The molecule has 1 aliphatic rings. The number of nitrogens with zero attached hydrogens (tertiary/aromatic N) is 2. The highest BCUT2D eigenvalue weighted by molar-refractivity contribution is 5.96. The van der Waals surface area contributed by atoms with Gasteiger partial charge >= 0.3 is 6.03 Å². The number of hydrogen-bond acceptors (Lipinski definition) is 4. The summed E-state index contributed by atoms with van der Waals surface area (Å²) in [6.45, 7) is 1.67. The van der Waals surface area contributed by atoms with Crippen LogP contribution in [0.3, 0.4) is 0 Å². The van der Waals surface area contributed by atoms with Crippen LogP contribution in [-0.4, -0.2) is 47.3 Å². The molecule has 2 atom stereocenters. The molecule has 7 heteroatoms. The molecule has 0 aromatic heterocycles. The van der Waals surface area contributed by atoms with Crippen LogP contribution in [0.4, 0.5) is 4.79 Å². The maximum Gasteiger partial charge on any atom is 0.331 e. The Bertz CT molecular complexity index is 612. The molecule has 0 saturated heterocycles. The van der Waals surface area contributed by atoms with Crippen molar-refractivity contribution in [1.29, 1.82) is 0 Å². The molecule has 0 radical (unpaired) electrons. The number of allylic oxidation sites excluding steroid dienone is 1. The lowest BCUT2D eigenvalue weighted by atomic mass is 9.90. The third-order valence-corrected chi connectivity index (χ3v) is 3.65. The molecule has 22 heavy (non-hydrogen) atoms. The van der Waals surface area contributed by atoms with Crippen LogP contribution in [0.25, 0.3) is 0 Å². The molecule has 1 aromatic rings. The standard InChI is InChI=1S/C15H20N4O3/c1-9-11(13(20)18(2)3)12(10-7-5-4-6-8-10)14(21)19(9)17-15(16)22/h4-8,12,14,21H,1-3H3,(H3,16,17,22)/t12-,14+/m0/s1. The van der Waals surface area contributed by atoms with E-state index in [9.17, 15) is 14.7 Å². The van der Waals surface area contributed by atoms with Gasteiger partial charge in [-0.15, -0.1) is 0 Å². The number of amides is 3. The summed E-state index contributed by atoms with van der Waals surface area (Å²) in [6.07, 6.45) is -1.10. The summed E-state index contributed by atoms with van der Waals surface area (Å²) in [5.74, 6) is -0.790. The molecule has 0 bridgehead atoms. The zero-order valence-corrected chi connectivity index (χ0v) is 12.8. The van der Waals surface area contributed by atoms with Crippen molar-refractivity contribution in [2.24, 2.45) is 5.73 Å². The van der Waals surface area contributed by atoms with E-state index in [1.165, 1.54) is 9.91 Å². The Morgan fingerprint density at radius 2 is 1.86 bits per heavy atom. The van der Waals surface area contributed by atoms with Crippen molar-refractivity contribution >= 4 is 11.9 Å². The van der Waals surface area contributed by atoms with E-state index in [0.717, 1.165) is 5.56 Å². The van der Waals surface area contributed by atoms with Gasteiger partial charge in [0, 0.05) is 25.4 Å². The first kappa shape index (κ1) is 15.8. The van der Waals surface area contributed by atoms with E-state index in [0.29, 0.717) is 11.3 Å². The van der Waals surface area contributed by atoms with Crippen LogP contribution in [0.5, 0.6) is 0 Å². The number of hydrazine groups is 1. The molecule has 2 rings (SSSR count). The second kappa shape index (κ2) is 6.07. The molecule has 4 N–H and O–H groups in total. The summed E-state index contributed by atoms with van der Waals surface area (Å²) in [4.78, 5) is 25.1. The minimum Gasteiger partial charge on any atom is -0.371 e. The van der Waals surface area contributed by atoms with Crippen LogP contribution in [0.1, 0.15) is 18.4 Å². The average Bonchev–Trinajstić information content (AvgIpc) is 2.71. The highest BCUT2D eigenvalue weighted by atomic mass is 16.3. The summed E-state index contributed by atoms with van der Waals surface area (Å²) in [7, 11) is 3.28. The van der Waals surface area contributed by atoms with Crippen LogP contribution in [0.2, 0.25) is 0 Å². The summed E-state index contributed by atoms with van der Waals surface area (Å²) in [6, 6.07) is 8.38. The Morgan fingerprint density at radius 1 is 1.27 bits per heavy atom. The van der Waals surface area contributed by atoms with Crippen molar-refractivity contribution < 1.29 is 14.7 Å². The Balaban J connectivity index is 2.51. The van der Waals surface area contributed by atoms with Crippen LogP contribution in [0.15, 0.2) is 41.6 Å². The van der Waals surface area contributed by atoms with Gasteiger partial charge in [0.2, 0.25) is 0 Å². The molecule has 1 aromatic carbocycles. The van der Waals surface area contributed by atoms with Crippen molar-refractivity contribution in [2.45, 2.75) is 19.1 Å². The van der Waals surface area contributed by atoms with Gasteiger partial charge in [0.05, 0.1) is 5.92 Å². The van der Waals surface area contributed by atoms with Gasteiger partial charge in [0.1, 0.15) is 0 Å². The van der Waals surface area contributed by atoms with Gasteiger partial charge in [-0.2, -0.15) is 0 Å². The maximum atomic E-state index is 12.5. The van der Waals surface area contributed by atoms with E-state index in [2.05, 4.69) is 5.43 Å². The monoisotopic (exact) mass is 304 g/mol. The lowest BCUT2D eigenvalue weighted by molar-refractivity contribution is -0.125. The molecule has 1 aliphatic heterocycles. The number of nitrogens with one attached hydrogen (secondary N) is 1. The molecular formula is C15H20N4O3. The largest absolute Gasteiger partial charge is 0.371 e. The SMILES string of the molecule is CC1=C(C(=O)N(C)C)[C@H](c2ccccc2)[C@@H](O)N1NC(N)=O. The van der Waals surface area contributed by atoms with Gasteiger partial charge in [-0.3, -0.25) is 9.80 Å². The number of likely N-dealkylation sites (N-methyl/N-ethyl adjacent to an activating group) is 1. The Morgan fingerprint density at radius 3 is 2.36 bits per heavy atom. The summed E-state index contributed by atoms with van der Waals surface area (Å²) in [5.41, 5.74) is 9.18. The van der Waals surface area contributed by atoms with E-state index >= 15 is 0 Å². The van der Waals surface area contributed by atoms with Crippen LogP contribution >= 0.6 is 0 Å². The van der Waals surface area contributed by atoms with E-state index in [4.69, 9.17) is 5.73 Å². The second-order valence-electron chi connectivity index (χ2n) is 5.35. The molecule has 3 amide bonds. The quantitative estimate of drug-likeness (QED) is 0.750. The molecule has 0 aliphatic carbocycles. The molecule has 0 spiro atoms. The summed E-state index contributed by atoms with van der Waals surface area (Å²) >= 11 is 0. The van der Waals surface area contributed by atoms with Crippen molar-refractivity contribution in [3.05, 3.63) is 47.2 Å². The predicted molar refractivity (Wildman–Crippen MR) is 81.1 cm³/mol. The fourth-order valence-corrected chi connectivity index (χ4v) is 2.65. The zero-order valence-electron chi connectivity index (χ0n) is 12.8. The lowest BCUT2D eigenvalue weighted by Crippen LogP contribution is -2.48. The van der Waals surface area contributed by atoms with E-state index in [1.54, 1.807) is 21.0 Å². The van der Waals surface area contributed by atoms with Crippen LogP contribution in [-0.2, 0) is 4.79 Å². The Kier molecular flexibility index (Phi) is 4.37. The number of primary amides is 1. The van der Waals surface area contributed by atoms with E-state index in [-0.39, 0.29) is 5.91 Å². The molecule has 0 fully saturated rings. The maximum absolute atomic E-state index is 12.5. The summed E-state index contributed by atoms with van der Waals surface area (Å²) < 4.78 is 0. The first-order chi connectivity index (χ1) is 10.3. The highest BCUT2D eigenvalue weighted by Gasteiger charge is 2.43. The second-order valence-corrected chi connectivity index (χ2v) is 5.35. The number of aliphatic hydroxyl groups is 1. The molecular weight excluding hydrogens is 284 g/mol. The number of nitrogens with two attached hydrogens (primary N) is 1. The number of urea groups is 1. The molecule has 0 unspecified atom stereocenters. The number of hydrogen-bond donors (Lipinski definition) is 3. The summed E-state index contributed by atoms with van der Waals surface area (Å²) in [5, 5.41) is 11.8. The fourth-order valence-electron chi connectivity index (χ4n) is 2.65. The van der Waals surface area contributed by atoms with Gasteiger partial charge in [-0.1, -0.05) is 30.3 Å². The molecule has 1 heterocycles. The lowest BCUT2D eigenvalue weighted by Gasteiger charge is -2.27. The van der Waals surface area contributed by atoms with Crippen molar-refractivity contribution in [3.8, 4) is 0 Å². The molecule has 7 nitrogen and oxygen atoms in total. The van der Waals surface area contributed by atoms with Crippen LogP contribution in [0, 0.1) is 0 Å². The van der Waals surface area contributed by atoms with Crippen molar-refractivity contribution in [1.82, 2.24) is 15.3 Å². The van der Waals surface area contributed by atoms with Gasteiger partial charge in [0.25, 0.3) is 5.91 Å². The smallest absolute Gasteiger partial charge is 0.331 e. The van der Waals surface area contributed by atoms with Gasteiger partial charge in [-0.05, 0) is 12.5 Å². The van der Waals surface area contributed by atoms with E-state index < -0.39 is 18.2 Å². The zero-order chi connectivity index (χ0) is 16.4. The number of aliphatic hydroxyl groups excluding tert-OH is 1. The van der Waals surface area contributed by atoms with Gasteiger partial charge < -0.3 is 15.7 Å². The Labute approximate surface area is 129 Å². The third kappa shape index (κ3) is 2.75. The molecule has 118 valence electrons.